The molecule has 1 unspecified atom stereocenters. The number of piperidine rings is 1. The molecule has 1 saturated heterocycles. The van der Waals surface area contributed by atoms with E-state index >= 15 is 0 Å². The normalized spacial score (nSPS) is 21.1. The van der Waals surface area contributed by atoms with Crippen molar-refractivity contribution >= 4 is 33.2 Å². The highest BCUT2D eigenvalue weighted by atomic mass is 35.5. The van der Waals surface area contributed by atoms with Crippen LogP contribution >= 0.6 is 23.2 Å². The number of benzene rings is 1. The largest absolute Gasteiger partial charge is 0.329 e. The van der Waals surface area contributed by atoms with E-state index in [0.717, 1.165) is 25.0 Å². The van der Waals surface area contributed by atoms with Gasteiger partial charge < -0.3 is 5.73 Å². The summed E-state index contributed by atoms with van der Waals surface area (Å²) in [5, 5.41) is -0.423. The summed E-state index contributed by atoms with van der Waals surface area (Å²) in [7, 11) is -3.88. The van der Waals surface area contributed by atoms with E-state index in [4.69, 9.17) is 28.9 Å². The van der Waals surface area contributed by atoms with Gasteiger partial charge in [-0.2, -0.15) is 4.31 Å². The van der Waals surface area contributed by atoms with Crippen LogP contribution in [0.3, 0.4) is 0 Å². The SMILES string of the molecule is NCC1CCCCN1S(=O)(=O)c1c(Cl)cc(F)cc1Cl. The van der Waals surface area contributed by atoms with E-state index in [1.54, 1.807) is 0 Å². The molecule has 112 valence electrons. The Morgan fingerprint density at radius 1 is 1.30 bits per heavy atom. The molecular weight excluding hydrogens is 326 g/mol. The van der Waals surface area contributed by atoms with E-state index in [1.807, 2.05) is 0 Å². The summed E-state index contributed by atoms with van der Waals surface area (Å²) < 4.78 is 39.9. The van der Waals surface area contributed by atoms with Crippen LogP contribution in [0.15, 0.2) is 17.0 Å². The van der Waals surface area contributed by atoms with Crippen LogP contribution in [0.2, 0.25) is 10.0 Å². The van der Waals surface area contributed by atoms with Gasteiger partial charge in [0.15, 0.2) is 0 Å². The molecule has 0 aromatic heterocycles. The minimum Gasteiger partial charge on any atom is -0.329 e. The Morgan fingerprint density at radius 3 is 2.45 bits per heavy atom. The molecule has 0 aliphatic carbocycles. The van der Waals surface area contributed by atoms with Gasteiger partial charge in [-0.3, -0.25) is 0 Å². The maximum atomic E-state index is 13.2. The zero-order valence-electron chi connectivity index (χ0n) is 10.7. The van der Waals surface area contributed by atoms with E-state index in [1.165, 1.54) is 4.31 Å². The smallest absolute Gasteiger partial charge is 0.246 e. The van der Waals surface area contributed by atoms with Gasteiger partial charge in [0.25, 0.3) is 0 Å². The molecule has 0 amide bonds. The first kappa shape index (κ1) is 16.0. The Hall–Kier alpha value is -0.400. The van der Waals surface area contributed by atoms with Gasteiger partial charge in [0.2, 0.25) is 10.0 Å². The van der Waals surface area contributed by atoms with E-state index in [2.05, 4.69) is 0 Å². The quantitative estimate of drug-likeness (QED) is 0.919. The van der Waals surface area contributed by atoms with Gasteiger partial charge in [-0.25, -0.2) is 12.8 Å². The molecule has 1 fully saturated rings. The van der Waals surface area contributed by atoms with Gasteiger partial charge in [0, 0.05) is 19.1 Å². The summed E-state index contributed by atoms with van der Waals surface area (Å²) in [4.78, 5) is -0.248. The molecule has 1 aliphatic heterocycles. The number of halogens is 3. The molecule has 0 spiro atoms. The van der Waals surface area contributed by atoms with Crippen molar-refractivity contribution in [2.45, 2.75) is 30.2 Å². The summed E-state index contributed by atoms with van der Waals surface area (Å²) in [6.45, 7) is 0.601. The van der Waals surface area contributed by atoms with Crippen molar-refractivity contribution in [3.63, 3.8) is 0 Å². The van der Waals surface area contributed by atoms with Gasteiger partial charge in [0.05, 0.1) is 10.0 Å². The molecule has 0 saturated carbocycles. The van der Waals surface area contributed by atoms with Crippen LogP contribution in [0.5, 0.6) is 0 Å². The molecular formula is C12H15Cl2FN2O2S. The van der Waals surface area contributed by atoms with Crippen molar-refractivity contribution in [1.82, 2.24) is 4.31 Å². The van der Waals surface area contributed by atoms with E-state index < -0.39 is 15.8 Å². The highest BCUT2D eigenvalue weighted by Crippen LogP contribution is 2.35. The molecule has 20 heavy (non-hydrogen) atoms. The first-order valence-electron chi connectivity index (χ1n) is 6.24. The number of hydrogen-bond acceptors (Lipinski definition) is 3. The van der Waals surface area contributed by atoms with Crippen LogP contribution in [0.25, 0.3) is 0 Å². The fraction of sp³-hybridized carbons (Fsp3) is 0.500. The van der Waals surface area contributed by atoms with Gasteiger partial charge in [-0.15, -0.1) is 0 Å². The Morgan fingerprint density at radius 2 is 1.90 bits per heavy atom. The molecule has 1 atom stereocenters. The monoisotopic (exact) mass is 340 g/mol. The predicted molar refractivity (Wildman–Crippen MR) is 77.0 cm³/mol. The van der Waals surface area contributed by atoms with Crippen molar-refractivity contribution < 1.29 is 12.8 Å². The molecule has 0 radical (unpaired) electrons. The fourth-order valence-corrected chi connectivity index (χ4v) is 5.26. The summed E-state index contributed by atoms with van der Waals surface area (Å²) in [5.41, 5.74) is 5.64. The third-order valence-corrected chi connectivity index (χ3v) is 6.25. The molecule has 1 aliphatic rings. The Bertz CT molecular complexity index is 586. The molecule has 1 aromatic rings. The first-order valence-corrected chi connectivity index (χ1v) is 8.44. The Balaban J connectivity index is 2.49. The van der Waals surface area contributed by atoms with Crippen LogP contribution in [-0.4, -0.2) is 31.9 Å². The van der Waals surface area contributed by atoms with Crippen LogP contribution in [0.4, 0.5) is 4.39 Å². The van der Waals surface area contributed by atoms with Gasteiger partial charge >= 0.3 is 0 Å². The maximum Gasteiger partial charge on any atom is 0.246 e. The van der Waals surface area contributed by atoms with Gasteiger partial charge in [-0.05, 0) is 25.0 Å². The molecule has 2 N–H and O–H groups in total. The molecule has 4 nitrogen and oxygen atoms in total. The second-order valence-electron chi connectivity index (χ2n) is 4.70. The summed E-state index contributed by atoms with van der Waals surface area (Å²) in [6.07, 6.45) is 2.39. The standard InChI is InChI=1S/C12H15Cl2FN2O2S/c13-10-5-8(15)6-11(14)12(10)20(18,19)17-4-2-1-3-9(17)7-16/h5-6,9H,1-4,7,16H2. The summed E-state index contributed by atoms with van der Waals surface area (Å²) in [6, 6.07) is 1.62. The second kappa shape index (κ2) is 6.15. The lowest BCUT2D eigenvalue weighted by molar-refractivity contribution is 0.257. The third-order valence-electron chi connectivity index (χ3n) is 3.37. The number of sulfonamides is 1. The highest BCUT2D eigenvalue weighted by Gasteiger charge is 2.35. The zero-order valence-corrected chi connectivity index (χ0v) is 13.0. The van der Waals surface area contributed by atoms with Crippen LogP contribution < -0.4 is 5.73 Å². The van der Waals surface area contributed by atoms with Crippen LogP contribution in [0, 0.1) is 5.82 Å². The highest BCUT2D eigenvalue weighted by molar-refractivity contribution is 7.89. The maximum absolute atomic E-state index is 13.2. The molecule has 0 bridgehead atoms. The topological polar surface area (TPSA) is 63.4 Å². The van der Waals surface area contributed by atoms with Crippen molar-refractivity contribution in [3.8, 4) is 0 Å². The van der Waals surface area contributed by atoms with Crippen molar-refractivity contribution in [1.29, 1.82) is 0 Å². The Labute approximate surface area is 127 Å². The summed E-state index contributed by atoms with van der Waals surface area (Å²) >= 11 is 11.7. The van der Waals surface area contributed by atoms with Crippen LogP contribution in [0.1, 0.15) is 19.3 Å². The molecule has 1 heterocycles. The minimum absolute atomic E-state index is 0.212. The fourth-order valence-electron chi connectivity index (χ4n) is 2.42. The molecule has 2 rings (SSSR count). The number of nitrogens with zero attached hydrogens (tertiary/aromatic N) is 1. The van der Waals surface area contributed by atoms with E-state index in [0.29, 0.717) is 13.0 Å². The number of hydrogen-bond donors (Lipinski definition) is 1. The number of rotatable bonds is 3. The lowest BCUT2D eigenvalue weighted by Crippen LogP contribution is -2.47. The van der Waals surface area contributed by atoms with Crippen molar-refractivity contribution in [2.75, 3.05) is 13.1 Å². The van der Waals surface area contributed by atoms with Crippen LogP contribution in [-0.2, 0) is 10.0 Å². The lowest BCUT2D eigenvalue weighted by atomic mass is 10.1. The number of nitrogens with two attached hydrogens (primary N) is 1. The average molecular weight is 341 g/mol. The van der Waals surface area contributed by atoms with Crippen molar-refractivity contribution in [3.05, 3.63) is 28.0 Å². The molecule has 1 aromatic carbocycles. The summed E-state index contributed by atoms with van der Waals surface area (Å²) in [5.74, 6) is -0.673. The van der Waals surface area contributed by atoms with E-state index in [9.17, 15) is 12.8 Å². The minimum atomic E-state index is -3.88. The third kappa shape index (κ3) is 2.94. The van der Waals surface area contributed by atoms with Gasteiger partial charge in [0.1, 0.15) is 10.7 Å². The van der Waals surface area contributed by atoms with Gasteiger partial charge in [-0.1, -0.05) is 29.6 Å². The average Bonchev–Trinajstić information content (AvgIpc) is 2.37. The van der Waals surface area contributed by atoms with Crippen molar-refractivity contribution in [2.24, 2.45) is 5.73 Å². The lowest BCUT2D eigenvalue weighted by Gasteiger charge is -2.34. The van der Waals surface area contributed by atoms with E-state index in [-0.39, 0.29) is 27.5 Å². The Kier molecular flexibility index (Phi) is 4.92. The predicted octanol–water partition coefficient (Wildman–Crippen LogP) is 2.63. The molecule has 8 heteroatoms. The second-order valence-corrected chi connectivity index (χ2v) is 7.34. The zero-order chi connectivity index (χ0) is 14.9. The first-order chi connectivity index (χ1) is 9.37.